The third-order valence-corrected chi connectivity index (χ3v) is 3.55. The Morgan fingerprint density at radius 2 is 1.68 bits per heavy atom. The van der Waals surface area contributed by atoms with Crippen LogP contribution in [0.4, 0.5) is 5.69 Å². The number of imide groups is 1. The lowest BCUT2D eigenvalue weighted by Gasteiger charge is -2.23. The van der Waals surface area contributed by atoms with Gasteiger partial charge in [0, 0.05) is 6.07 Å². The third kappa shape index (κ3) is 2.46. The minimum atomic E-state index is -0.418. The summed E-state index contributed by atoms with van der Waals surface area (Å²) in [6.07, 6.45) is 0. The average Bonchev–Trinajstić information content (AvgIpc) is 2.74. The van der Waals surface area contributed by atoms with Crippen LogP contribution in [-0.2, 0) is 0 Å². The number of amides is 2. The van der Waals surface area contributed by atoms with E-state index in [9.17, 15) is 9.59 Å². The minimum absolute atomic E-state index is 0.295. The van der Waals surface area contributed by atoms with Crippen LogP contribution in [0, 0.1) is 0 Å². The molecule has 0 fully saturated rings. The summed E-state index contributed by atoms with van der Waals surface area (Å²) in [5.74, 6) is 0.217. The van der Waals surface area contributed by atoms with Crippen molar-refractivity contribution in [3.8, 4) is 11.5 Å². The van der Waals surface area contributed by atoms with Gasteiger partial charge in [-0.15, -0.1) is 0 Å². The fraction of sp³-hybridized carbons (Fsp3) is 0.176. The summed E-state index contributed by atoms with van der Waals surface area (Å²) in [6, 6.07) is 12.7. The molecule has 1 heterocycles. The van der Waals surface area contributed by atoms with Crippen LogP contribution < -0.4 is 14.5 Å². The number of carbonyl (C=O) groups excluding carboxylic acids is 2. The van der Waals surface area contributed by atoms with Gasteiger partial charge in [0.2, 0.25) is 0 Å². The molecule has 0 aliphatic carbocycles. The lowest BCUT2D eigenvalue weighted by molar-refractivity contribution is 0.0879. The molecule has 0 aromatic heterocycles. The van der Waals surface area contributed by atoms with Crippen molar-refractivity contribution in [1.29, 1.82) is 0 Å². The maximum Gasteiger partial charge on any atom is 0.262 e. The van der Waals surface area contributed by atoms with Crippen LogP contribution in [0.3, 0.4) is 0 Å². The zero-order valence-corrected chi connectivity index (χ0v) is 12.7. The molecule has 5 heteroatoms. The minimum Gasteiger partial charge on any atom is -0.456 e. The highest BCUT2D eigenvalue weighted by atomic mass is 16.5. The fourth-order valence-corrected chi connectivity index (χ4v) is 2.36. The van der Waals surface area contributed by atoms with E-state index in [1.54, 1.807) is 18.2 Å². The van der Waals surface area contributed by atoms with Gasteiger partial charge in [-0.3, -0.25) is 19.4 Å². The first-order valence-electron chi connectivity index (χ1n) is 6.95. The van der Waals surface area contributed by atoms with Gasteiger partial charge < -0.3 is 4.74 Å². The van der Waals surface area contributed by atoms with E-state index in [-0.39, 0.29) is 5.91 Å². The zero-order valence-electron chi connectivity index (χ0n) is 12.7. The van der Waals surface area contributed by atoms with E-state index in [1.807, 2.05) is 24.3 Å². The van der Waals surface area contributed by atoms with Crippen LogP contribution in [-0.4, -0.2) is 33.0 Å². The molecule has 2 aromatic rings. The van der Waals surface area contributed by atoms with Crippen LogP contribution in [0.2, 0.25) is 0 Å². The van der Waals surface area contributed by atoms with Crippen LogP contribution in [0.25, 0.3) is 0 Å². The molecule has 3 rings (SSSR count). The highest BCUT2D eigenvalue weighted by molar-refractivity contribution is 6.22. The quantitative estimate of drug-likeness (QED) is 0.700. The van der Waals surface area contributed by atoms with Crippen molar-refractivity contribution in [2.75, 3.05) is 21.1 Å². The molecule has 0 bridgehead atoms. The molecule has 0 saturated carbocycles. The molecule has 2 amide bonds. The number of rotatable bonds is 3. The molecule has 5 nitrogen and oxygen atoms in total. The van der Waals surface area contributed by atoms with Crippen molar-refractivity contribution in [3.63, 3.8) is 0 Å². The van der Waals surface area contributed by atoms with E-state index in [0.29, 0.717) is 27.1 Å². The first-order chi connectivity index (χ1) is 10.4. The summed E-state index contributed by atoms with van der Waals surface area (Å²) in [7, 11) is 6.18. The SMILES string of the molecule is C[N+](C)(C)c1cccc(Oc2cccc3c2C(=O)NC3=O)c1. The molecule has 112 valence electrons. The average molecular weight is 297 g/mol. The molecule has 2 aromatic carbocycles. The monoisotopic (exact) mass is 297 g/mol. The first kappa shape index (κ1) is 14.3. The number of fused-ring (bicyclic) bond motifs is 1. The molecule has 0 radical (unpaired) electrons. The summed E-state index contributed by atoms with van der Waals surface area (Å²) < 4.78 is 6.51. The number of nitrogens with zero attached hydrogens (tertiary/aromatic N) is 1. The zero-order chi connectivity index (χ0) is 15.9. The molecular formula is C17H17N2O3+. The van der Waals surface area contributed by atoms with E-state index in [0.717, 1.165) is 5.69 Å². The molecule has 0 unspecified atom stereocenters. The van der Waals surface area contributed by atoms with Crippen molar-refractivity contribution in [2.24, 2.45) is 0 Å². The number of carbonyl (C=O) groups is 2. The van der Waals surface area contributed by atoms with E-state index in [2.05, 4.69) is 26.5 Å². The van der Waals surface area contributed by atoms with Gasteiger partial charge in [0.1, 0.15) is 17.2 Å². The predicted molar refractivity (Wildman–Crippen MR) is 84.3 cm³/mol. The molecule has 0 atom stereocenters. The summed E-state index contributed by atoms with van der Waals surface area (Å²) in [6.45, 7) is 0. The number of benzene rings is 2. The van der Waals surface area contributed by atoms with Gasteiger partial charge in [-0.05, 0) is 24.3 Å². The number of quaternary nitrogens is 1. The maximum atomic E-state index is 11.9. The van der Waals surface area contributed by atoms with Gasteiger partial charge in [-0.1, -0.05) is 12.1 Å². The Morgan fingerprint density at radius 3 is 2.41 bits per heavy atom. The van der Waals surface area contributed by atoms with Gasteiger partial charge in [-0.2, -0.15) is 0 Å². The third-order valence-electron chi connectivity index (χ3n) is 3.55. The second-order valence-corrected chi connectivity index (χ2v) is 6.07. The largest absolute Gasteiger partial charge is 0.456 e. The molecule has 22 heavy (non-hydrogen) atoms. The van der Waals surface area contributed by atoms with Crippen molar-refractivity contribution in [1.82, 2.24) is 9.80 Å². The Morgan fingerprint density at radius 1 is 0.955 bits per heavy atom. The number of nitrogens with one attached hydrogen (secondary N) is 1. The Hall–Kier alpha value is -2.66. The highest BCUT2D eigenvalue weighted by Gasteiger charge is 2.30. The summed E-state index contributed by atoms with van der Waals surface area (Å²) in [4.78, 5) is 23.6. The van der Waals surface area contributed by atoms with Crippen molar-refractivity contribution >= 4 is 17.5 Å². The van der Waals surface area contributed by atoms with Gasteiger partial charge in [0.15, 0.2) is 0 Å². The van der Waals surface area contributed by atoms with E-state index in [4.69, 9.17) is 4.74 Å². The van der Waals surface area contributed by atoms with Gasteiger partial charge >= 0.3 is 0 Å². The molecule has 0 spiro atoms. The number of hydrogen-bond donors (Lipinski definition) is 1. The van der Waals surface area contributed by atoms with Gasteiger partial charge in [-0.25, -0.2) is 0 Å². The second-order valence-electron chi connectivity index (χ2n) is 6.07. The Kier molecular flexibility index (Phi) is 3.22. The molecule has 1 N–H and O–H groups in total. The Balaban J connectivity index is 1.99. The molecular weight excluding hydrogens is 280 g/mol. The van der Waals surface area contributed by atoms with Gasteiger partial charge in [0.05, 0.1) is 32.3 Å². The standard InChI is InChI=1S/C17H16N2O3/c1-19(2,3)11-6-4-7-12(10-11)22-14-9-5-8-13-15(14)17(21)18-16(13)20/h4-10H,1-3H3/p+1. The van der Waals surface area contributed by atoms with E-state index >= 15 is 0 Å². The smallest absolute Gasteiger partial charge is 0.262 e. The summed E-state index contributed by atoms with van der Waals surface area (Å²) >= 11 is 0. The fourth-order valence-electron chi connectivity index (χ4n) is 2.36. The van der Waals surface area contributed by atoms with Crippen molar-refractivity contribution in [3.05, 3.63) is 53.6 Å². The Labute approximate surface area is 128 Å². The molecule has 1 aliphatic rings. The van der Waals surface area contributed by atoms with Gasteiger partial charge in [0.25, 0.3) is 11.8 Å². The summed E-state index contributed by atoms with van der Waals surface area (Å²) in [5, 5.41) is 2.28. The lowest BCUT2D eigenvalue weighted by atomic mass is 10.1. The molecule has 1 aliphatic heterocycles. The second kappa shape index (κ2) is 4.96. The maximum absolute atomic E-state index is 11.9. The van der Waals surface area contributed by atoms with E-state index in [1.165, 1.54) is 0 Å². The summed E-state index contributed by atoms with van der Waals surface area (Å²) in [5.41, 5.74) is 1.72. The van der Waals surface area contributed by atoms with Crippen LogP contribution >= 0.6 is 0 Å². The number of ether oxygens (including phenoxy) is 1. The normalized spacial score (nSPS) is 13.8. The number of hydrogen-bond acceptors (Lipinski definition) is 3. The van der Waals surface area contributed by atoms with Crippen LogP contribution in [0.15, 0.2) is 42.5 Å². The lowest BCUT2D eigenvalue weighted by Crippen LogP contribution is -2.34. The van der Waals surface area contributed by atoms with Crippen molar-refractivity contribution < 1.29 is 14.3 Å². The Bertz CT molecular complexity index is 776. The highest BCUT2D eigenvalue weighted by Crippen LogP contribution is 2.32. The van der Waals surface area contributed by atoms with Crippen LogP contribution in [0.1, 0.15) is 20.7 Å². The van der Waals surface area contributed by atoms with E-state index < -0.39 is 5.91 Å². The predicted octanol–water partition coefficient (Wildman–Crippen LogP) is 2.56. The van der Waals surface area contributed by atoms with Crippen LogP contribution in [0.5, 0.6) is 11.5 Å². The topological polar surface area (TPSA) is 55.4 Å². The first-order valence-corrected chi connectivity index (χ1v) is 6.95. The van der Waals surface area contributed by atoms with Crippen molar-refractivity contribution in [2.45, 2.75) is 0 Å². The molecule has 0 saturated heterocycles.